The van der Waals surface area contributed by atoms with Gasteiger partial charge >= 0.3 is 0 Å². The zero-order valence-electron chi connectivity index (χ0n) is 10.4. The molecule has 0 radical (unpaired) electrons. The van der Waals surface area contributed by atoms with E-state index in [2.05, 4.69) is 17.1 Å². The Morgan fingerprint density at radius 1 is 1.00 bits per heavy atom. The summed E-state index contributed by atoms with van der Waals surface area (Å²) in [5.74, 6) is 0.731. The Morgan fingerprint density at radius 2 is 1.78 bits per heavy atom. The predicted molar refractivity (Wildman–Crippen MR) is 72.6 cm³/mol. The highest BCUT2D eigenvalue weighted by Crippen LogP contribution is 2.23. The number of benzene rings is 1. The van der Waals surface area contributed by atoms with Gasteiger partial charge in [0, 0.05) is 17.5 Å². The van der Waals surface area contributed by atoms with Crippen LogP contribution in [0.1, 0.15) is 25.7 Å². The van der Waals surface area contributed by atoms with Crippen molar-refractivity contribution < 1.29 is 4.74 Å². The molecule has 0 atom stereocenters. The topological polar surface area (TPSA) is 48.1 Å². The maximum atomic E-state index is 5.95. The first-order chi connectivity index (χ1) is 8.81. The summed E-state index contributed by atoms with van der Waals surface area (Å²) in [7, 11) is 0. The van der Waals surface area contributed by atoms with Gasteiger partial charge in [-0.05, 0) is 37.8 Å². The molecule has 18 heavy (non-hydrogen) atoms. The van der Waals surface area contributed by atoms with Crippen LogP contribution in [0.25, 0.3) is 10.9 Å². The van der Waals surface area contributed by atoms with Crippen molar-refractivity contribution in [2.24, 2.45) is 5.73 Å². The Morgan fingerprint density at radius 3 is 2.61 bits per heavy atom. The van der Waals surface area contributed by atoms with E-state index in [1.54, 1.807) is 0 Å². The molecular weight excluding hydrogens is 224 g/mol. The summed E-state index contributed by atoms with van der Waals surface area (Å²) in [6.45, 7) is 0. The van der Waals surface area contributed by atoms with Gasteiger partial charge in [-0.2, -0.15) is 0 Å². The number of hydrogen-bond donors (Lipinski definition) is 1. The fourth-order valence-electron chi connectivity index (χ4n) is 2.49. The van der Waals surface area contributed by atoms with E-state index in [0.29, 0.717) is 6.04 Å². The van der Waals surface area contributed by atoms with Crippen molar-refractivity contribution in [3.8, 4) is 5.88 Å². The zero-order valence-corrected chi connectivity index (χ0v) is 10.4. The summed E-state index contributed by atoms with van der Waals surface area (Å²) in [4.78, 5) is 4.53. The van der Waals surface area contributed by atoms with Crippen LogP contribution in [0.2, 0.25) is 0 Å². The van der Waals surface area contributed by atoms with Crippen molar-refractivity contribution in [2.45, 2.75) is 37.8 Å². The van der Waals surface area contributed by atoms with Crippen molar-refractivity contribution in [2.75, 3.05) is 0 Å². The van der Waals surface area contributed by atoms with Gasteiger partial charge in [-0.1, -0.05) is 18.2 Å². The molecule has 1 aliphatic carbocycles. The standard InChI is InChI=1S/C15H18N2O/c16-12-6-8-13(9-7-12)18-15-10-5-11-3-1-2-4-14(11)17-15/h1-5,10,12-13H,6-9,16H2. The summed E-state index contributed by atoms with van der Waals surface area (Å²) >= 11 is 0. The lowest BCUT2D eigenvalue weighted by Crippen LogP contribution is -2.31. The molecule has 1 aliphatic rings. The molecule has 1 aromatic carbocycles. The molecule has 3 nitrogen and oxygen atoms in total. The minimum Gasteiger partial charge on any atom is -0.474 e. The number of pyridine rings is 1. The third-order valence-electron chi connectivity index (χ3n) is 3.58. The van der Waals surface area contributed by atoms with Crippen LogP contribution in [-0.4, -0.2) is 17.1 Å². The summed E-state index contributed by atoms with van der Waals surface area (Å²) in [5.41, 5.74) is 6.88. The van der Waals surface area contributed by atoms with Crippen LogP contribution < -0.4 is 10.5 Å². The quantitative estimate of drug-likeness (QED) is 0.880. The zero-order chi connectivity index (χ0) is 12.4. The van der Waals surface area contributed by atoms with Gasteiger partial charge in [0.1, 0.15) is 6.10 Å². The van der Waals surface area contributed by atoms with E-state index in [1.165, 1.54) is 0 Å². The number of rotatable bonds is 2. The number of nitrogens with zero attached hydrogens (tertiary/aromatic N) is 1. The van der Waals surface area contributed by atoms with Gasteiger partial charge in [-0.3, -0.25) is 0 Å². The Labute approximate surface area is 107 Å². The Hall–Kier alpha value is -1.61. The minimum atomic E-state index is 0.276. The van der Waals surface area contributed by atoms with E-state index in [4.69, 9.17) is 10.5 Å². The molecule has 3 heteroatoms. The van der Waals surface area contributed by atoms with Crippen LogP contribution in [-0.2, 0) is 0 Å². The molecular formula is C15H18N2O. The fraction of sp³-hybridized carbons (Fsp3) is 0.400. The van der Waals surface area contributed by atoms with Gasteiger partial charge < -0.3 is 10.5 Å². The molecule has 1 fully saturated rings. The summed E-state index contributed by atoms with van der Waals surface area (Å²) in [5, 5.41) is 1.15. The molecule has 0 spiro atoms. The highest BCUT2D eigenvalue weighted by atomic mass is 16.5. The maximum Gasteiger partial charge on any atom is 0.214 e. The lowest BCUT2D eigenvalue weighted by molar-refractivity contribution is 0.141. The van der Waals surface area contributed by atoms with Crippen molar-refractivity contribution in [1.29, 1.82) is 0 Å². The first-order valence-corrected chi connectivity index (χ1v) is 6.59. The van der Waals surface area contributed by atoms with Crippen LogP contribution >= 0.6 is 0 Å². The first-order valence-electron chi connectivity index (χ1n) is 6.59. The van der Waals surface area contributed by atoms with Crippen molar-refractivity contribution in [3.63, 3.8) is 0 Å². The van der Waals surface area contributed by atoms with Gasteiger partial charge in [0.15, 0.2) is 0 Å². The molecule has 2 aromatic rings. The van der Waals surface area contributed by atoms with E-state index >= 15 is 0 Å². The lowest BCUT2D eigenvalue weighted by Gasteiger charge is -2.26. The molecule has 94 valence electrons. The van der Waals surface area contributed by atoms with E-state index in [9.17, 15) is 0 Å². The Bertz CT molecular complexity index is 533. The summed E-state index contributed by atoms with van der Waals surface area (Å²) in [6.07, 6.45) is 4.46. The normalized spacial score (nSPS) is 24.1. The van der Waals surface area contributed by atoms with Crippen molar-refractivity contribution >= 4 is 10.9 Å². The Balaban J connectivity index is 1.74. The van der Waals surface area contributed by atoms with E-state index < -0.39 is 0 Å². The van der Waals surface area contributed by atoms with Crippen LogP contribution in [0.5, 0.6) is 5.88 Å². The van der Waals surface area contributed by atoms with Gasteiger partial charge in [0.2, 0.25) is 5.88 Å². The van der Waals surface area contributed by atoms with Crippen LogP contribution in [0.3, 0.4) is 0 Å². The first kappa shape index (κ1) is 11.5. The second-order valence-electron chi connectivity index (χ2n) is 5.00. The Kier molecular flexibility index (Phi) is 3.15. The lowest BCUT2D eigenvalue weighted by atomic mass is 9.94. The molecule has 1 aromatic heterocycles. The molecule has 0 aliphatic heterocycles. The van der Waals surface area contributed by atoms with Gasteiger partial charge in [-0.15, -0.1) is 0 Å². The van der Waals surface area contributed by atoms with E-state index in [0.717, 1.165) is 42.5 Å². The fourth-order valence-corrected chi connectivity index (χ4v) is 2.49. The molecule has 2 N–H and O–H groups in total. The van der Waals surface area contributed by atoms with Crippen LogP contribution in [0.4, 0.5) is 0 Å². The van der Waals surface area contributed by atoms with Gasteiger partial charge in [-0.25, -0.2) is 4.98 Å². The molecule has 0 unspecified atom stereocenters. The van der Waals surface area contributed by atoms with E-state index in [-0.39, 0.29) is 6.10 Å². The maximum absolute atomic E-state index is 5.95. The molecule has 1 saturated carbocycles. The number of hydrogen-bond acceptors (Lipinski definition) is 3. The smallest absolute Gasteiger partial charge is 0.214 e. The van der Waals surface area contributed by atoms with E-state index in [1.807, 2.05) is 24.3 Å². The van der Waals surface area contributed by atoms with Crippen molar-refractivity contribution in [1.82, 2.24) is 4.98 Å². The third kappa shape index (κ3) is 2.46. The van der Waals surface area contributed by atoms with Crippen molar-refractivity contribution in [3.05, 3.63) is 36.4 Å². The van der Waals surface area contributed by atoms with Crippen LogP contribution in [0.15, 0.2) is 36.4 Å². The highest BCUT2D eigenvalue weighted by Gasteiger charge is 2.20. The third-order valence-corrected chi connectivity index (χ3v) is 3.58. The second kappa shape index (κ2) is 4.94. The summed E-state index contributed by atoms with van der Waals surface area (Å²) < 4.78 is 5.95. The second-order valence-corrected chi connectivity index (χ2v) is 5.00. The largest absolute Gasteiger partial charge is 0.474 e. The number of fused-ring (bicyclic) bond motifs is 1. The monoisotopic (exact) mass is 242 g/mol. The highest BCUT2D eigenvalue weighted by molar-refractivity contribution is 5.78. The molecule has 3 rings (SSSR count). The number of ether oxygens (including phenoxy) is 1. The molecule has 1 heterocycles. The number of para-hydroxylation sites is 1. The van der Waals surface area contributed by atoms with Gasteiger partial charge in [0.25, 0.3) is 0 Å². The average Bonchev–Trinajstić information content (AvgIpc) is 2.41. The number of nitrogens with two attached hydrogens (primary N) is 1. The predicted octanol–water partition coefficient (Wildman–Crippen LogP) is 2.88. The van der Waals surface area contributed by atoms with Crippen LogP contribution in [0, 0.1) is 0 Å². The number of aromatic nitrogens is 1. The molecule has 0 saturated heterocycles. The summed E-state index contributed by atoms with van der Waals surface area (Å²) in [6, 6.07) is 12.5. The molecule has 0 amide bonds. The molecule has 0 bridgehead atoms. The minimum absolute atomic E-state index is 0.276. The average molecular weight is 242 g/mol. The van der Waals surface area contributed by atoms with Gasteiger partial charge in [0.05, 0.1) is 5.52 Å². The SMILES string of the molecule is NC1CCC(Oc2ccc3ccccc3n2)CC1.